The highest BCUT2D eigenvalue weighted by molar-refractivity contribution is 7.99. The predicted molar refractivity (Wildman–Crippen MR) is 308 cm³/mol. The standard InChI is InChI=1S/C59H66ClF4N7O7S3/c1-58(2)25-23-49(40-11-15-44(60)16-12-40)43(36-58)38-70-31-33-71(34-32-70)46-17-13-41(14-18-46)56(73)67-81(77,78)48-19-21-52(53(35-48)80(75,76)59(62,63)64)65-45(39-79-47-8-4-3-5-9-47)24-26-68-27-29-69(30-28-68)37-42-7-6-10-51(61)55(42)50-20-22-54(72)66-57(50)74/h3-19,21,35,45,50,65H,20,22-34,36-39H2,1-2H3,(H,67,73)(H,66,72,74)/t45-,50?/m1/s1. The fourth-order valence-corrected chi connectivity index (χ4v) is 14.3. The van der Waals surface area contributed by atoms with E-state index in [9.17, 15) is 44.4 Å². The van der Waals surface area contributed by atoms with Crippen LogP contribution in [0.5, 0.6) is 0 Å². The summed E-state index contributed by atoms with van der Waals surface area (Å²) in [4.78, 5) is 45.7. The number of amides is 3. The summed E-state index contributed by atoms with van der Waals surface area (Å²) < 4.78 is 115. The number of sulfone groups is 1. The van der Waals surface area contributed by atoms with Crippen molar-refractivity contribution in [3.8, 4) is 0 Å². The van der Waals surface area contributed by atoms with Gasteiger partial charge in [0.2, 0.25) is 11.8 Å². The van der Waals surface area contributed by atoms with E-state index < -0.39 is 76.3 Å². The van der Waals surface area contributed by atoms with Crippen LogP contribution in [0.15, 0.2) is 136 Å². The Kier molecular flexibility index (Phi) is 18.7. The molecule has 0 bridgehead atoms. The van der Waals surface area contributed by atoms with Gasteiger partial charge in [-0.15, -0.1) is 11.8 Å². The molecular formula is C59H66ClF4N7O7S3. The molecule has 1 aliphatic carbocycles. The first-order chi connectivity index (χ1) is 38.5. The van der Waals surface area contributed by atoms with Crippen molar-refractivity contribution in [1.29, 1.82) is 0 Å². The first-order valence-electron chi connectivity index (χ1n) is 27.1. The molecule has 4 aliphatic rings. The van der Waals surface area contributed by atoms with Crippen molar-refractivity contribution in [2.45, 2.75) is 91.1 Å². The topological polar surface area (TPSA) is 169 Å². The smallest absolute Gasteiger partial charge is 0.380 e. The number of carbonyl (C=O) groups is 3. The van der Waals surface area contributed by atoms with Crippen LogP contribution in [0, 0.1) is 11.2 Å². The van der Waals surface area contributed by atoms with E-state index in [2.05, 4.69) is 56.2 Å². The third kappa shape index (κ3) is 14.9. The zero-order valence-electron chi connectivity index (χ0n) is 45.1. The number of piperazine rings is 2. The van der Waals surface area contributed by atoms with E-state index in [-0.39, 0.29) is 35.1 Å². The minimum Gasteiger partial charge on any atom is -0.380 e. The maximum Gasteiger partial charge on any atom is 0.501 e. The lowest BCUT2D eigenvalue weighted by Crippen LogP contribution is -2.47. The molecule has 0 saturated carbocycles. The highest BCUT2D eigenvalue weighted by atomic mass is 35.5. The third-order valence-electron chi connectivity index (χ3n) is 15.7. The fourth-order valence-electron chi connectivity index (χ4n) is 11.2. The summed E-state index contributed by atoms with van der Waals surface area (Å²) in [6, 6.07) is 30.0. The first-order valence-corrected chi connectivity index (χ1v) is 31.4. The number of anilines is 2. The molecule has 3 amide bonds. The van der Waals surface area contributed by atoms with Crippen LogP contribution in [0.4, 0.5) is 28.9 Å². The van der Waals surface area contributed by atoms with E-state index in [1.165, 1.54) is 46.7 Å². The van der Waals surface area contributed by atoms with Gasteiger partial charge in [0, 0.05) is 117 Å². The van der Waals surface area contributed by atoms with Crippen LogP contribution in [0.1, 0.15) is 85.3 Å². The molecule has 5 aromatic carbocycles. The number of imide groups is 1. The van der Waals surface area contributed by atoms with Gasteiger partial charge in [0.05, 0.1) is 16.5 Å². The number of nitrogens with one attached hydrogen (secondary N) is 3. The maximum absolute atomic E-state index is 15.3. The summed E-state index contributed by atoms with van der Waals surface area (Å²) >= 11 is 7.61. The number of halogens is 5. The minimum absolute atomic E-state index is 0.0327. The number of allylic oxidation sites excluding steroid dienone is 1. The highest BCUT2D eigenvalue weighted by Gasteiger charge is 2.49. The second-order valence-corrected chi connectivity index (χ2v) is 27.1. The molecule has 432 valence electrons. The molecule has 0 aromatic heterocycles. The van der Waals surface area contributed by atoms with Crippen LogP contribution in [0.25, 0.3) is 5.57 Å². The number of hydrogen-bond acceptors (Lipinski definition) is 13. The molecule has 22 heteroatoms. The molecule has 81 heavy (non-hydrogen) atoms. The van der Waals surface area contributed by atoms with Gasteiger partial charge in [-0.2, -0.15) is 13.2 Å². The van der Waals surface area contributed by atoms with Gasteiger partial charge in [-0.3, -0.25) is 29.5 Å². The lowest BCUT2D eigenvalue weighted by atomic mass is 9.73. The van der Waals surface area contributed by atoms with E-state index in [0.29, 0.717) is 75.4 Å². The van der Waals surface area contributed by atoms with E-state index in [1.54, 1.807) is 24.3 Å². The molecule has 3 heterocycles. The van der Waals surface area contributed by atoms with Crippen LogP contribution in [-0.2, 0) is 36.0 Å². The second kappa shape index (κ2) is 25.4. The van der Waals surface area contributed by atoms with Crippen molar-refractivity contribution in [3.63, 3.8) is 0 Å². The molecule has 9 rings (SSSR count). The SMILES string of the molecule is CC1(C)CCC(c2ccc(Cl)cc2)=C(CN2CCN(c3ccc(C(=O)NS(=O)(=O)c4ccc(N[C@H](CCN5CCN(Cc6cccc(F)c6C6CCC(=O)NC6=O)CC5)CSc5ccccc5)c(S(=O)(=O)C(F)(F)F)c4)cc3)CC2)C1. The summed E-state index contributed by atoms with van der Waals surface area (Å²) in [6.45, 7) is 11.6. The number of nitrogens with zero attached hydrogens (tertiary/aromatic N) is 4. The van der Waals surface area contributed by atoms with Crippen molar-refractivity contribution >= 4 is 77.9 Å². The molecule has 14 nitrogen and oxygen atoms in total. The predicted octanol–water partition coefficient (Wildman–Crippen LogP) is 9.98. The molecule has 5 aromatic rings. The summed E-state index contributed by atoms with van der Waals surface area (Å²) in [7, 11) is -11.1. The molecular weight excluding hydrogens is 1130 g/mol. The Morgan fingerprint density at radius 1 is 0.802 bits per heavy atom. The van der Waals surface area contributed by atoms with E-state index in [1.807, 2.05) is 47.2 Å². The van der Waals surface area contributed by atoms with Crippen molar-refractivity contribution < 1.29 is 48.8 Å². The molecule has 1 unspecified atom stereocenters. The Morgan fingerprint density at radius 2 is 1.47 bits per heavy atom. The number of thioether (sulfide) groups is 1. The summed E-state index contributed by atoms with van der Waals surface area (Å²) in [5.41, 5.74) is -0.344. The number of rotatable bonds is 19. The lowest BCUT2D eigenvalue weighted by molar-refractivity contribution is -0.134. The van der Waals surface area contributed by atoms with Gasteiger partial charge in [-0.1, -0.05) is 73.5 Å². The molecule has 3 aliphatic heterocycles. The summed E-state index contributed by atoms with van der Waals surface area (Å²) in [5.74, 6) is -3.00. The van der Waals surface area contributed by atoms with E-state index in [4.69, 9.17) is 11.6 Å². The van der Waals surface area contributed by atoms with Crippen molar-refractivity contribution in [3.05, 3.63) is 154 Å². The number of sulfonamides is 1. The van der Waals surface area contributed by atoms with Gasteiger partial charge in [0.25, 0.3) is 25.8 Å². The zero-order valence-corrected chi connectivity index (χ0v) is 48.3. The van der Waals surface area contributed by atoms with Gasteiger partial charge < -0.3 is 15.1 Å². The maximum atomic E-state index is 15.3. The number of benzene rings is 5. The quantitative estimate of drug-likeness (QED) is 0.0406. The number of carbonyl (C=O) groups excluding carboxylic acids is 3. The second-order valence-electron chi connectivity index (χ2n) is 22.0. The zero-order chi connectivity index (χ0) is 57.7. The number of piperidine rings is 1. The summed E-state index contributed by atoms with van der Waals surface area (Å²) in [5, 5.41) is 6.03. The summed E-state index contributed by atoms with van der Waals surface area (Å²) in [6.07, 6.45) is 3.76. The first kappa shape index (κ1) is 59.8. The van der Waals surface area contributed by atoms with Gasteiger partial charge in [0.1, 0.15) is 10.7 Å². The number of alkyl halides is 3. The third-order valence-corrected chi connectivity index (χ3v) is 19.9. The van der Waals surface area contributed by atoms with Gasteiger partial charge in [-0.25, -0.2) is 25.9 Å². The van der Waals surface area contributed by atoms with Crippen LogP contribution in [-0.4, -0.2) is 132 Å². The normalized spacial score (nSPS) is 19.3. The van der Waals surface area contributed by atoms with Crippen LogP contribution in [0.3, 0.4) is 0 Å². The van der Waals surface area contributed by atoms with Crippen molar-refractivity contribution in [2.24, 2.45) is 5.41 Å². The van der Waals surface area contributed by atoms with Crippen LogP contribution in [0.2, 0.25) is 5.02 Å². The molecule has 0 radical (unpaired) electrons. The van der Waals surface area contributed by atoms with Gasteiger partial charge in [0.15, 0.2) is 0 Å². The highest BCUT2D eigenvalue weighted by Crippen LogP contribution is 2.43. The Labute approximate surface area is 480 Å². The molecule has 0 spiro atoms. The van der Waals surface area contributed by atoms with Gasteiger partial charge in [-0.05, 0) is 127 Å². The molecule has 3 fully saturated rings. The van der Waals surface area contributed by atoms with Crippen LogP contribution >= 0.6 is 23.4 Å². The largest absolute Gasteiger partial charge is 0.501 e. The average Bonchev–Trinajstić information content (AvgIpc) is 3.55. The monoisotopic (exact) mass is 1190 g/mol. The molecule has 2 atom stereocenters. The minimum atomic E-state index is -6.15. The van der Waals surface area contributed by atoms with Crippen molar-refractivity contribution in [1.82, 2.24) is 24.7 Å². The Hall–Kier alpha value is -5.81. The van der Waals surface area contributed by atoms with Gasteiger partial charge >= 0.3 is 5.51 Å². The van der Waals surface area contributed by atoms with Crippen molar-refractivity contribution in [2.75, 3.05) is 81.4 Å². The molecule has 3 saturated heterocycles. The Morgan fingerprint density at radius 3 is 2.15 bits per heavy atom. The Balaban J connectivity index is 0.842. The van der Waals surface area contributed by atoms with E-state index in [0.717, 1.165) is 61.6 Å². The van der Waals surface area contributed by atoms with E-state index >= 15 is 4.39 Å². The number of hydrogen-bond donors (Lipinski definition) is 3. The van der Waals surface area contributed by atoms with Crippen LogP contribution < -0.4 is 20.3 Å². The average molecular weight is 1190 g/mol. The molecule has 3 N–H and O–H groups in total. The fraction of sp³-hybridized carbons (Fsp3) is 0.407. The Bertz CT molecular complexity index is 3360. The lowest BCUT2D eigenvalue weighted by Gasteiger charge is -2.39.